The van der Waals surface area contributed by atoms with E-state index in [9.17, 15) is 9.59 Å². The average molecular weight is 412 g/mol. The van der Waals surface area contributed by atoms with Crippen molar-refractivity contribution in [2.24, 2.45) is 5.92 Å². The van der Waals surface area contributed by atoms with Crippen molar-refractivity contribution in [3.8, 4) is 17.2 Å². The van der Waals surface area contributed by atoms with Crippen molar-refractivity contribution in [1.29, 1.82) is 0 Å². The van der Waals surface area contributed by atoms with Gasteiger partial charge in [-0.1, -0.05) is 26.0 Å². The molecule has 2 N–H and O–H groups in total. The molecule has 7 nitrogen and oxygen atoms in total. The molecule has 2 aromatic carbocycles. The standard InChI is InChI=1S/C23H28N2O5/c1-15(2)14-24-23(27)17-8-6-7-9-18(17)25-20(26)13-11-16-10-12-19(28-3)22(30-5)21(16)29-4/h6-13,15H,14H2,1-5H3,(H,24,27)(H,25,26)/b13-11+. The van der Waals surface area contributed by atoms with Gasteiger partial charge in [0, 0.05) is 18.2 Å². The highest BCUT2D eigenvalue weighted by Crippen LogP contribution is 2.40. The number of amides is 2. The molecular weight excluding hydrogens is 384 g/mol. The van der Waals surface area contributed by atoms with Crippen LogP contribution in [0, 0.1) is 5.92 Å². The predicted octanol–water partition coefficient (Wildman–Crippen LogP) is 3.75. The first-order valence-corrected chi connectivity index (χ1v) is 9.56. The van der Waals surface area contributed by atoms with Crippen molar-refractivity contribution in [2.75, 3.05) is 33.2 Å². The van der Waals surface area contributed by atoms with Gasteiger partial charge < -0.3 is 24.8 Å². The third kappa shape index (κ3) is 5.76. The lowest BCUT2D eigenvalue weighted by Crippen LogP contribution is -2.28. The highest BCUT2D eigenvalue weighted by molar-refractivity contribution is 6.07. The fraction of sp³-hybridized carbons (Fsp3) is 0.304. The van der Waals surface area contributed by atoms with Gasteiger partial charge in [-0.2, -0.15) is 0 Å². The summed E-state index contributed by atoms with van der Waals surface area (Å²) in [5, 5.41) is 5.61. The van der Waals surface area contributed by atoms with Gasteiger partial charge in [0.05, 0.1) is 32.6 Å². The van der Waals surface area contributed by atoms with Crippen molar-refractivity contribution in [2.45, 2.75) is 13.8 Å². The SMILES string of the molecule is COc1ccc(/C=C/C(=O)Nc2ccccc2C(=O)NCC(C)C)c(OC)c1OC. The van der Waals surface area contributed by atoms with E-state index in [1.165, 1.54) is 27.4 Å². The van der Waals surface area contributed by atoms with Gasteiger partial charge >= 0.3 is 0 Å². The van der Waals surface area contributed by atoms with Crippen LogP contribution in [0.15, 0.2) is 42.5 Å². The van der Waals surface area contributed by atoms with E-state index in [-0.39, 0.29) is 11.8 Å². The molecule has 0 aliphatic rings. The van der Waals surface area contributed by atoms with Crippen LogP contribution in [0.4, 0.5) is 5.69 Å². The number of hydrogen-bond donors (Lipinski definition) is 2. The summed E-state index contributed by atoms with van der Waals surface area (Å²) >= 11 is 0. The van der Waals surface area contributed by atoms with Crippen LogP contribution in [-0.4, -0.2) is 39.7 Å². The number of carbonyl (C=O) groups is 2. The predicted molar refractivity (Wildman–Crippen MR) is 117 cm³/mol. The second-order valence-electron chi connectivity index (χ2n) is 6.90. The van der Waals surface area contributed by atoms with E-state index in [1.54, 1.807) is 42.5 Å². The second kappa shape index (κ2) is 10.9. The van der Waals surface area contributed by atoms with E-state index in [2.05, 4.69) is 10.6 Å². The number of para-hydroxylation sites is 1. The summed E-state index contributed by atoms with van der Waals surface area (Å²) in [5.74, 6) is 1.14. The summed E-state index contributed by atoms with van der Waals surface area (Å²) in [7, 11) is 4.57. The molecule has 0 aliphatic heterocycles. The summed E-state index contributed by atoms with van der Waals surface area (Å²) in [5.41, 5.74) is 1.49. The Kier molecular flexibility index (Phi) is 8.29. The Labute approximate surface area is 177 Å². The van der Waals surface area contributed by atoms with Crippen molar-refractivity contribution in [1.82, 2.24) is 5.32 Å². The number of carbonyl (C=O) groups excluding carboxylic acids is 2. The van der Waals surface area contributed by atoms with E-state index in [4.69, 9.17) is 14.2 Å². The van der Waals surface area contributed by atoms with Crippen LogP contribution >= 0.6 is 0 Å². The van der Waals surface area contributed by atoms with Crippen LogP contribution in [0.2, 0.25) is 0 Å². The molecule has 0 heterocycles. The zero-order valence-electron chi connectivity index (χ0n) is 17.9. The first-order valence-electron chi connectivity index (χ1n) is 9.56. The topological polar surface area (TPSA) is 85.9 Å². The zero-order valence-corrected chi connectivity index (χ0v) is 17.9. The van der Waals surface area contributed by atoms with Gasteiger partial charge in [-0.05, 0) is 36.3 Å². The molecule has 0 bridgehead atoms. The van der Waals surface area contributed by atoms with E-state index < -0.39 is 0 Å². The molecule has 30 heavy (non-hydrogen) atoms. The zero-order chi connectivity index (χ0) is 22.1. The van der Waals surface area contributed by atoms with Crippen LogP contribution in [0.25, 0.3) is 6.08 Å². The fourth-order valence-electron chi connectivity index (χ4n) is 2.78. The van der Waals surface area contributed by atoms with E-state index in [0.29, 0.717) is 46.5 Å². The largest absolute Gasteiger partial charge is 0.493 e. The highest BCUT2D eigenvalue weighted by Gasteiger charge is 2.15. The second-order valence-corrected chi connectivity index (χ2v) is 6.90. The summed E-state index contributed by atoms with van der Waals surface area (Å²) in [6.45, 7) is 4.59. The minimum Gasteiger partial charge on any atom is -0.493 e. The molecule has 0 aliphatic carbocycles. The van der Waals surface area contributed by atoms with E-state index >= 15 is 0 Å². The van der Waals surface area contributed by atoms with Gasteiger partial charge in [-0.25, -0.2) is 0 Å². The van der Waals surface area contributed by atoms with Crippen LogP contribution < -0.4 is 24.8 Å². The lowest BCUT2D eigenvalue weighted by atomic mass is 10.1. The number of nitrogens with one attached hydrogen (secondary N) is 2. The molecule has 7 heteroatoms. The number of ether oxygens (including phenoxy) is 3. The van der Waals surface area contributed by atoms with Gasteiger partial charge in [0.2, 0.25) is 11.7 Å². The number of benzene rings is 2. The Morgan fingerprint density at radius 2 is 1.67 bits per heavy atom. The smallest absolute Gasteiger partial charge is 0.253 e. The maximum Gasteiger partial charge on any atom is 0.253 e. The van der Waals surface area contributed by atoms with Crippen molar-refractivity contribution in [3.05, 3.63) is 53.6 Å². The summed E-state index contributed by atoms with van der Waals surface area (Å²) in [6, 6.07) is 10.4. The van der Waals surface area contributed by atoms with Crippen molar-refractivity contribution < 1.29 is 23.8 Å². The molecular formula is C23H28N2O5. The molecule has 0 saturated heterocycles. The summed E-state index contributed by atoms with van der Waals surface area (Å²) in [6.07, 6.45) is 2.98. The molecule has 0 fully saturated rings. The molecule has 2 rings (SSSR count). The summed E-state index contributed by atoms with van der Waals surface area (Å²) < 4.78 is 16.0. The molecule has 0 aromatic heterocycles. The molecule has 0 saturated carbocycles. The molecule has 0 radical (unpaired) electrons. The monoisotopic (exact) mass is 412 g/mol. The number of hydrogen-bond acceptors (Lipinski definition) is 5. The van der Waals surface area contributed by atoms with Crippen LogP contribution in [0.1, 0.15) is 29.8 Å². The van der Waals surface area contributed by atoms with Gasteiger partial charge in [-0.3, -0.25) is 9.59 Å². The maximum absolute atomic E-state index is 12.5. The van der Waals surface area contributed by atoms with Gasteiger partial charge in [0.1, 0.15) is 0 Å². The minimum absolute atomic E-state index is 0.231. The quantitative estimate of drug-likeness (QED) is 0.613. The number of methoxy groups -OCH3 is 3. The fourth-order valence-corrected chi connectivity index (χ4v) is 2.78. The first-order chi connectivity index (χ1) is 14.4. The third-order valence-electron chi connectivity index (χ3n) is 4.25. The molecule has 2 amide bonds. The molecule has 0 atom stereocenters. The molecule has 160 valence electrons. The molecule has 0 spiro atoms. The van der Waals surface area contributed by atoms with Crippen LogP contribution in [-0.2, 0) is 4.79 Å². The van der Waals surface area contributed by atoms with Crippen LogP contribution in [0.3, 0.4) is 0 Å². The Morgan fingerprint density at radius 1 is 0.967 bits per heavy atom. The van der Waals surface area contributed by atoms with Gasteiger partial charge in [0.15, 0.2) is 11.5 Å². The summed E-state index contributed by atoms with van der Waals surface area (Å²) in [4.78, 5) is 24.9. The van der Waals surface area contributed by atoms with E-state index in [0.717, 1.165) is 0 Å². The third-order valence-corrected chi connectivity index (χ3v) is 4.25. The van der Waals surface area contributed by atoms with Gasteiger partial charge in [0.25, 0.3) is 5.91 Å². The maximum atomic E-state index is 12.5. The van der Waals surface area contributed by atoms with Crippen molar-refractivity contribution >= 4 is 23.6 Å². The normalized spacial score (nSPS) is 10.7. The lowest BCUT2D eigenvalue weighted by molar-refractivity contribution is -0.111. The highest BCUT2D eigenvalue weighted by atomic mass is 16.5. The van der Waals surface area contributed by atoms with Crippen molar-refractivity contribution in [3.63, 3.8) is 0 Å². The first kappa shape index (κ1) is 22.8. The Balaban J connectivity index is 2.19. The number of anilines is 1. The average Bonchev–Trinajstić information content (AvgIpc) is 2.75. The Hall–Kier alpha value is -3.48. The number of rotatable bonds is 9. The van der Waals surface area contributed by atoms with Gasteiger partial charge in [-0.15, -0.1) is 0 Å². The lowest BCUT2D eigenvalue weighted by Gasteiger charge is -2.14. The molecule has 0 unspecified atom stereocenters. The Bertz CT molecular complexity index is 922. The van der Waals surface area contributed by atoms with Crippen LogP contribution in [0.5, 0.6) is 17.2 Å². The van der Waals surface area contributed by atoms with E-state index in [1.807, 2.05) is 13.8 Å². The Morgan fingerprint density at radius 3 is 2.30 bits per heavy atom. The minimum atomic E-state index is -0.379. The molecule has 2 aromatic rings.